The summed E-state index contributed by atoms with van der Waals surface area (Å²) in [5.74, 6) is -0.453. The van der Waals surface area contributed by atoms with Crippen LogP contribution in [0.2, 0.25) is 0 Å². The maximum absolute atomic E-state index is 13.1. The Labute approximate surface area is 129 Å². The highest BCUT2D eigenvalue weighted by Gasteiger charge is 2.19. The van der Waals surface area contributed by atoms with Crippen LogP contribution >= 0.6 is 27.3 Å². The van der Waals surface area contributed by atoms with Gasteiger partial charge in [0.2, 0.25) is 0 Å². The number of rotatable bonds is 4. The Balaban J connectivity index is 2.32. The van der Waals surface area contributed by atoms with E-state index >= 15 is 0 Å². The Morgan fingerprint density at radius 1 is 1.40 bits per heavy atom. The van der Waals surface area contributed by atoms with Crippen molar-refractivity contribution in [2.45, 2.75) is 17.7 Å². The Morgan fingerprint density at radius 2 is 2.10 bits per heavy atom. The second-order valence-corrected chi connectivity index (χ2v) is 8.01. The van der Waals surface area contributed by atoms with Gasteiger partial charge >= 0.3 is 0 Å². The standard InChI is InChI=1S/C12H12BrFN2O2S2/c1-7-4-12(19-11(7)6-15)20(17,18)16-8-2-3-10(14)9(13)5-8/h2-5,16H,6,15H2,1H3. The summed E-state index contributed by atoms with van der Waals surface area (Å²) in [6.45, 7) is 2.11. The van der Waals surface area contributed by atoms with Crippen LogP contribution < -0.4 is 10.5 Å². The van der Waals surface area contributed by atoms with Crippen LogP contribution in [0.4, 0.5) is 10.1 Å². The largest absolute Gasteiger partial charge is 0.326 e. The number of anilines is 1. The minimum atomic E-state index is -3.69. The van der Waals surface area contributed by atoms with Crippen LogP contribution in [0.1, 0.15) is 10.4 Å². The van der Waals surface area contributed by atoms with Gasteiger partial charge in [-0.1, -0.05) is 0 Å². The zero-order valence-electron chi connectivity index (χ0n) is 10.5. The van der Waals surface area contributed by atoms with Crippen LogP contribution in [0.5, 0.6) is 0 Å². The van der Waals surface area contributed by atoms with E-state index in [1.54, 1.807) is 6.07 Å². The first-order chi connectivity index (χ1) is 9.33. The van der Waals surface area contributed by atoms with Crippen molar-refractivity contribution in [3.8, 4) is 0 Å². The van der Waals surface area contributed by atoms with E-state index in [9.17, 15) is 12.8 Å². The quantitative estimate of drug-likeness (QED) is 0.857. The Kier molecular flexibility index (Phi) is 4.48. The van der Waals surface area contributed by atoms with Gasteiger partial charge in [0.25, 0.3) is 10.0 Å². The third-order valence-electron chi connectivity index (χ3n) is 2.62. The number of sulfonamides is 1. The second kappa shape index (κ2) is 5.80. The van der Waals surface area contributed by atoms with E-state index in [0.717, 1.165) is 21.8 Å². The third kappa shape index (κ3) is 3.20. The van der Waals surface area contributed by atoms with E-state index in [0.29, 0.717) is 12.2 Å². The summed E-state index contributed by atoms with van der Waals surface area (Å²) in [7, 11) is -3.69. The van der Waals surface area contributed by atoms with Crippen LogP contribution in [-0.4, -0.2) is 8.42 Å². The molecule has 1 aromatic carbocycles. The van der Waals surface area contributed by atoms with Gasteiger partial charge in [0.05, 0.1) is 10.2 Å². The second-order valence-electron chi connectivity index (χ2n) is 4.11. The molecule has 0 saturated carbocycles. The summed E-state index contributed by atoms with van der Waals surface area (Å²) in [4.78, 5) is 0.825. The van der Waals surface area contributed by atoms with Crippen LogP contribution in [0, 0.1) is 12.7 Å². The lowest BCUT2D eigenvalue weighted by atomic mass is 10.3. The number of aryl methyl sites for hydroxylation is 1. The van der Waals surface area contributed by atoms with Gasteiger partial charge in [-0.05, 0) is 52.7 Å². The number of nitrogens with one attached hydrogen (secondary N) is 1. The highest BCUT2D eigenvalue weighted by atomic mass is 79.9. The number of hydrogen-bond acceptors (Lipinski definition) is 4. The normalized spacial score (nSPS) is 11.6. The fraction of sp³-hybridized carbons (Fsp3) is 0.167. The monoisotopic (exact) mass is 378 g/mol. The van der Waals surface area contributed by atoms with Crippen molar-refractivity contribution in [1.29, 1.82) is 0 Å². The average molecular weight is 379 g/mol. The van der Waals surface area contributed by atoms with Crippen molar-refractivity contribution < 1.29 is 12.8 Å². The number of hydrogen-bond donors (Lipinski definition) is 2. The number of thiophene rings is 1. The SMILES string of the molecule is Cc1cc(S(=O)(=O)Nc2ccc(F)c(Br)c2)sc1CN. The number of nitrogens with two attached hydrogens (primary N) is 1. The Hall–Kier alpha value is -0.960. The maximum atomic E-state index is 13.1. The third-order valence-corrected chi connectivity index (χ3v) is 6.34. The van der Waals surface area contributed by atoms with E-state index in [-0.39, 0.29) is 8.68 Å². The minimum Gasteiger partial charge on any atom is -0.326 e. The molecule has 0 aliphatic carbocycles. The summed E-state index contributed by atoms with van der Waals surface area (Å²) < 4.78 is 40.4. The van der Waals surface area contributed by atoms with Gasteiger partial charge in [-0.15, -0.1) is 11.3 Å². The van der Waals surface area contributed by atoms with Crippen LogP contribution in [0.3, 0.4) is 0 Å². The molecule has 0 bridgehead atoms. The molecule has 0 aliphatic heterocycles. The molecule has 0 aliphatic rings. The minimum absolute atomic E-state index is 0.191. The van der Waals surface area contributed by atoms with Gasteiger partial charge in [-0.3, -0.25) is 4.72 Å². The number of halogens is 2. The van der Waals surface area contributed by atoms with Crippen LogP contribution in [-0.2, 0) is 16.6 Å². The first-order valence-corrected chi connectivity index (χ1v) is 8.70. The number of benzene rings is 1. The summed E-state index contributed by atoms with van der Waals surface area (Å²) in [5.41, 5.74) is 6.68. The van der Waals surface area contributed by atoms with Crippen LogP contribution in [0.15, 0.2) is 32.9 Å². The molecule has 0 spiro atoms. The van der Waals surface area contributed by atoms with Crippen molar-refractivity contribution in [2.24, 2.45) is 5.73 Å². The predicted molar refractivity (Wildman–Crippen MR) is 81.9 cm³/mol. The molecule has 2 rings (SSSR count). The average Bonchev–Trinajstić information content (AvgIpc) is 2.76. The Bertz CT molecular complexity index is 744. The molecule has 0 fully saturated rings. The van der Waals surface area contributed by atoms with Gasteiger partial charge in [0.1, 0.15) is 10.0 Å². The maximum Gasteiger partial charge on any atom is 0.271 e. The fourth-order valence-corrected chi connectivity index (χ4v) is 4.48. The lowest BCUT2D eigenvalue weighted by Gasteiger charge is -2.06. The first-order valence-electron chi connectivity index (χ1n) is 5.60. The molecule has 2 aromatic rings. The van der Waals surface area contributed by atoms with Crippen molar-refractivity contribution in [3.05, 3.63) is 45.0 Å². The van der Waals surface area contributed by atoms with Gasteiger partial charge in [-0.2, -0.15) is 0 Å². The molecule has 1 heterocycles. The van der Waals surface area contributed by atoms with E-state index < -0.39 is 15.8 Å². The highest BCUT2D eigenvalue weighted by molar-refractivity contribution is 9.10. The topological polar surface area (TPSA) is 72.2 Å². The van der Waals surface area contributed by atoms with Crippen LogP contribution in [0.25, 0.3) is 0 Å². The molecular formula is C12H12BrFN2O2S2. The highest BCUT2D eigenvalue weighted by Crippen LogP contribution is 2.28. The predicted octanol–water partition coefficient (Wildman–Crippen LogP) is 3.22. The first kappa shape index (κ1) is 15.4. The van der Waals surface area contributed by atoms with Gasteiger partial charge in [-0.25, -0.2) is 12.8 Å². The summed E-state index contributed by atoms with van der Waals surface area (Å²) >= 11 is 4.14. The van der Waals surface area contributed by atoms with E-state index in [1.165, 1.54) is 18.2 Å². The van der Waals surface area contributed by atoms with Gasteiger partial charge < -0.3 is 5.73 Å². The van der Waals surface area contributed by atoms with Crippen molar-refractivity contribution in [1.82, 2.24) is 0 Å². The molecule has 8 heteroatoms. The van der Waals surface area contributed by atoms with E-state index in [4.69, 9.17) is 5.73 Å². The molecule has 3 N–H and O–H groups in total. The molecule has 0 radical (unpaired) electrons. The smallest absolute Gasteiger partial charge is 0.271 e. The molecule has 20 heavy (non-hydrogen) atoms. The molecule has 1 aromatic heterocycles. The fourth-order valence-electron chi connectivity index (χ4n) is 1.59. The van der Waals surface area contributed by atoms with Crippen molar-refractivity contribution in [3.63, 3.8) is 0 Å². The molecular weight excluding hydrogens is 367 g/mol. The van der Waals surface area contributed by atoms with Crippen molar-refractivity contribution >= 4 is 43.0 Å². The van der Waals surface area contributed by atoms with Gasteiger partial charge in [0, 0.05) is 11.4 Å². The Morgan fingerprint density at radius 3 is 2.65 bits per heavy atom. The van der Waals surface area contributed by atoms with Gasteiger partial charge in [0.15, 0.2) is 0 Å². The summed E-state index contributed by atoms with van der Waals surface area (Å²) in [5, 5.41) is 0. The lowest BCUT2D eigenvalue weighted by Crippen LogP contribution is -2.11. The molecule has 0 saturated heterocycles. The van der Waals surface area contributed by atoms with Crippen molar-refractivity contribution in [2.75, 3.05) is 4.72 Å². The van der Waals surface area contributed by atoms with E-state index in [2.05, 4.69) is 20.7 Å². The zero-order valence-corrected chi connectivity index (χ0v) is 13.7. The lowest BCUT2D eigenvalue weighted by molar-refractivity contribution is 0.602. The molecule has 0 atom stereocenters. The summed E-state index contributed by atoms with van der Waals surface area (Å²) in [6, 6.07) is 5.50. The molecule has 4 nitrogen and oxygen atoms in total. The molecule has 0 unspecified atom stereocenters. The zero-order chi connectivity index (χ0) is 14.9. The summed E-state index contributed by atoms with van der Waals surface area (Å²) in [6.07, 6.45) is 0. The molecule has 0 amide bonds. The van der Waals surface area contributed by atoms with E-state index in [1.807, 2.05) is 6.92 Å². The molecule has 108 valence electrons.